The summed E-state index contributed by atoms with van der Waals surface area (Å²) in [6, 6.07) is 9.23. The van der Waals surface area contributed by atoms with Crippen LogP contribution in [0.15, 0.2) is 40.2 Å². The highest BCUT2D eigenvalue weighted by molar-refractivity contribution is 8.15. The van der Waals surface area contributed by atoms with Gasteiger partial charge in [0.25, 0.3) is 0 Å². The largest absolute Gasteiger partial charge is 0.322 e. The van der Waals surface area contributed by atoms with Crippen molar-refractivity contribution in [2.24, 2.45) is 15.7 Å². The lowest BCUT2D eigenvalue weighted by Crippen LogP contribution is -1.95. The number of hydrogen-bond donors (Lipinski definition) is 1. The fourth-order valence-corrected chi connectivity index (χ4v) is 2.53. The molecule has 0 unspecified atom stereocenters. The average Bonchev–Trinajstić information content (AvgIpc) is 2.16. The van der Waals surface area contributed by atoms with Gasteiger partial charge in [-0.05, 0) is 0 Å². The Morgan fingerprint density at radius 2 is 1.85 bits per heavy atom. The monoisotopic (exact) mass is 235 g/mol. The molecule has 0 fully saturated rings. The molecule has 0 saturated heterocycles. The fourth-order valence-electron chi connectivity index (χ4n) is 0.769. The first-order valence-corrected chi connectivity index (χ1v) is 7.00. The van der Waals surface area contributed by atoms with Crippen molar-refractivity contribution in [1.29, 1.82) is 0 Å². The van der Waals surface area contributed by atoms with Gasteiger partial charge in [-0.1, -0.05) is 52.8 Å². The number of nitrogens with zero attached hydrogens (tertiary/aromatic N) is 2. The van der Waals surface area contributed by atoms with E-state index in [2.05, 4.69) is 9.85 Å². The Morgan fingerprint density at radius 3 is 2.38 bits per heavy atom. The predicted molar refractivity (Wildman–Crippen MR) is 59.8 cm³/mol. The lowest BCUT2D eigenvalue weighted by molar-refractivity contribution is 1.26. The van der Waals surface area contributed by atoms with Crippen molar-refractivity contribution in [3.8, 4) is 0 Å². The molecule has 0 amide bonds. The van der Waals surface area contributed by atoms with Crippen molar-refractivity contribution in [3.63, 3.8) is 0 Å². The van der Waals surface area contributed by atoms with Crippen LogP contribution in [0.4, 0.5) is 0 Å². The molecule has 0 bridgehead atoms. The molecule has 0 aliphatic rings. The number of nitrogens with two attached hydrogens (primary N) is 1. The van der Waals surface area contributed by atoms with Gasteiger partial charge in [0.15, 0.2) is 5.76 Å². The minimum atomic E-state index is -2.47. The number of rotatable bonds is 2. The highest BCUT2D eigenvalue weighted by Gasteiger charge is 2.13. The molecule has 0 aromatic heterocycles. The van der Waals surface area contributed by atoms with E-state index in [9.17, 15) is 0 Å². The summed E-state index contributed by atoms with van der Waals surface area (Å²) in [4.78, 5) is 0. The topological polar surface area (TPSA) is 50.7 Å². The molecule has 3 nitrogen and oxygen atoms in total. The van der Waals surface area contributed by atoms with Crippen LogP contribution in [-0.4, -0.2) is 6.34 Å². The van der Waals surface area contributed by atoms with E-state index < -0.39 is 5.76 Å². The van der Waals surface area contributed by atoms with Gasteiger partial charge in [0.05, 0.1) is 0 Å². The quantitative estimate of drug-likeness (QED) is 0.277. The zero-order valence-electron chi connectivity index (χ0n) is 6.64. The molecule has 0 atom stereocenters. The van der Waals surface area contributed by atoms with Crippen LogP contribution in [-0.2, 0) is 0 Å². The third-order valence-electron chi connectivity index (χ3n) is 1.33. The molecule has 0 aliphatic heterocycles. The van der Waals surface area contributed by atoms with Crippen LogP contribution in [0.25, 0.3) is 0 Å². The van der Waals surface area contributed by atoms with E-state index in [1.54, 1.807) is 0 Å². The van der Waals surface area contributed by atoms with Crippen LogP contribution in [0.5, 0.6) is 0 Å². The van der Waals surface area contributed by atoms with Crippen molar-refractivity contribution >= 4 is 39.9 Å². The molecule has 1 aromatic rings. The number of halogens is 2. The molecular formula is C7H8Cl2N3P. The second-order valence-electron chi connectivity index (χ2n) is 2.20. The minimum absolute atomic E-state index is 0.790. The van der Waals surface area contributed by atoms with Gasteiger partial charge in [0, 0.05) is 5.30 Å². The maximum atomic E-state index is 6.00. The lowest BCUT2D eigenvalue weighted by atomic mass is 10.4. The molecule has 0 radical (unpaired) electrons. The summed E-state index contributed by atoms with van der Waals surface area (Å²) in [6.45, 7) is 0. The Hall–Kier alpha value is -0.500. The van der Waals surface area contributed by atoms with Crippen LogP contribution in [0, 0.1) is 0 Å². The third kappa shape index (κ3) is 3.03. The lowest BCUT2D eigenvalue weighted by Gasteiger charge is -2.06. The highest BCUT2D eigenvalue weighted by atomic mass is 35.9. The highest BCUT2D eigenvalue weighted by Crippen LogP contribution is 2.58. The van der Waals surface area contributed by atoms with Gasteiger partial charge in [-0.3, -0.25) is 0 Å². The van der Waals surface area contributed by atoms with Crippen molar-refractivity contribution in [1.82, 2.24) is 0 Å². The van der Waals surface area contributed by atoms with E-state index in [0.29, 0.717) is 0 Å². The minimum Gasteiger partial charge on any atom is -0.322 e. The first-order valence-electron chi connectivity index (χ1n) is 3.45. The Morgan fingerprint density at radius 1 is 1.23 bits per heavy atom. The number of benzene rings is 1. The molecule has 13 heavy (non-hydrogen) atoms. The maximum Gasteiger partial charge on any atom is 0.171 e. The van der Waals surface area contributed by atoms with Crippen LogP contribution < -0.4 is 11.1 Å². The van der Waals surface area contributed by atoms with Gasteiger partial charge in [0.1, 0.15) is 6.34 Å². The molecule has 2 N–H and O–H groups in total. The number of hydrogen-bond acceptors (Lipinski definition) is 2. The van der Waals surface area contributed by atoms with Crippen molar-refractivity contribution in [3.05, 3.63) is 30.3 Å². The predicted octanol–water partition coefficient (Wildman–Crippen LogP) is 2.72. The standard InChI is InChI=1S/C7H8Cl2N3P/c8-13(9,12-6-11-10)7-4-2-1-3-5-7/h1-6H,10H2. The zero-order chi connectivity index (χ0) is 9.73. The van der Waals surface area contributed by atoms with Crippen molar-refractivity contribution in [2.75, 3.05) is 0 Å². The van der Waals surface area contributed by atoms with Crippen molar-refractivity contribution < 1.29 is 0 Å². The molecule has 1 aromatic carbocycles. The van der Waals surface area contributed by atoms with E-state index in [1.165, 1.54) is 6.34 Å². The van der Waals surface area contributed by atoms with Gasteiger partial charge in [0.2, 0.25) is 0 Å². The first-order chi connectivity index (χ1) is 6.17. The zero-order valence-corrected chi connectivity index (χ0v) is 9.05. The first kappa shape index (κ1) is 10.6. The fraction of sp³-hybridized carbons (Fsp3) is 0. The molecule has 6 heteroatoms. The molecule has 0 spiro atoms. The number of hydrazone groups is 1. The second-order valence-corrected chi connectivity index (χ2v) is 7.37. The van der Waals surface area contributed by atoms with E-state index >= 15 is 0 Å². The van der Waals surface area contributed by atoms with Gasteiger partial charge < -0.3 is 5.84 Å². The average molecular weight is 236 g/mol. The van der Waals surface area contributed by atoms with Gasteiger partial charge >= 0.3 is 0 Å². The van der Waals surface area contributed by atoms with Gasteiger partial charge in [-0.25, -0.2) is 4.74 Å². The molecule has 1 rings (SSSR count). The SMILES string of the molecule is NN=CN=P(Cl)(Cl)c1ccccc1. The van der Waals surface area contributed by atoms with Crippen LogP contribution in [0.3, 0.4) is 0 Å². The van der Waals surface area contributed by atoms with E-state index in [-0.39, 0.29) is 0 Å². The van der Waals surface area contributed by atoms with Gasteiger partial charge in [-0.15, -0.1) is 0 Å². The summed E-state index contributed by atoms with van der Waals surface area (Å²) >= 11 is 12.0. The Labute approximate surface area is 86.2 Å². The Kier molecular flexibility index (Phi) is 3.79. The maximum absolute atomic E-state index is 6.00. The Balaban J connectivity index is 3.07. The molecule has 0 heterocycles. The molecule has 0 saturated carbocycles. The summed E-state index contributed by atoms with van der Waals surface area (Å²) in [5.74, 6) is 2.42. The second kappa shape index (κ2) is 4.66. The summed E-state index contributed by atoms with van der Waals surface area (Å²) in [6.07, 6.45) is 1.17. The van der Waals surface area contributed by atoms with Crippen LogP contribution in [0.2, 0.25) is 0 Å². The van der Waals surface area contributed by atoms with E-state index in [0.717, 1.165) is 5.30 Å². The van der Waals surface area contributed by atoms with Crippen LogP contribution in [0.1, 0.15) is 0 Å². The normalized spacial score (nSPS) is 11.8. The van der Waals surface area contributed by atoms with E-state index in [1.807, 2.05) is 30.3 Å². The van der Waals surface area contributed by atoms with Crippen molar-refractivity contribution in [2.45, 2.75) is 0 Å². The summed E-state index contributed by atoms with van der Waals surface area (Å²) in [5, 5.41) is 4.00. The molecule has 70 valence electrons. The van der Waals surface area contributed by atoms with Gasteiger partial charge in [-0.2, -0.15) is 5.10 Å². The smallest absolute Gasteiger partial charge is 0.171 e. The molecule has 0 aliphatic carbocycles. The van der Waals surface area contributed by atoms with E-state index in [4.69, 9.17) is 28.3 Å². The third-order valence-corrected chi connectivity index (χ3v) is 4.34. The molecular weight excluding hydrogens is 228 g/mol. The summed E-state index contributed by atoms with van der Waals surface area (Å²) in [5.41, 5.74) is 0. The summed E-state index contributed by atoms with van der Waals surface area (Å²) < 4.78 is 3.87. The van der Waals surface area contributed by atoms with Crippen LogP contribution >= 0.6 is 28.2 Å². The Bertz CT molecular complexity index is 344. The summed E-state index contributed by atoms with van der Waals surface area (Å²) in [7, 11) is 0.